The van der Waals surface area contributed by atoms with Gasteiger partial charge in [-0.3, -0.25) is 4.98 Å². The molecular weight excluding hydrogens is 570 g/mol. The number of carbonyl (C=O) groups excluding carboxylic acids is 1. The Kier molecular flexibility index (Phi) is 9.22. The van der Waals surface area contributed by atoms with Crippen LogP contribution in [0.15, 0.2) is 48.8 Å². The van der Waals surface area contributed by atoms with Crippen LogP contribution in [0.4, 0.5) is 16.3 Å². The summed E-state index contributed by atoms with van der Waals surface area (Å²) in [5.74, 6) is 0.779. The summed E-state index contributed by atoms with van der Waals surface area (Å²) < 4.78 is 11.9. The van der Waals surface area contributed by atoms with E-state index in [2.05, 4.69) is 38.9 Å². The molecule has 2 aromatic heterocycles. The molecule has 6 rings (SSSR count). The van der Waals surface area contributed by atoms with Gasteiger partial charge >= 0.3 is 12.1 Å². The summed E-state index contributed by atoms with van der Waals surface area (Å²) in [4.78, 5) is 35.5. The van der Waals surface area contributed by atoms with Gasteiger partial charge in [0.25, 0.3) is 0 Å². The van der Waals surface area contributed by atoms with Crippen molar-refractivity contribution >= 4 is 17.6 Å². The molecule has 0 radical (unpaired) electrons. The van der Waals surface area contributed by atoms with Crippen molar-refractivity contribution < 1.29 is 14.3 Å². The van der Waals surface area contributed by atoms with E-state index in [1.165, 1.54) is 0 Å². The number of benzene rings is 1. The first-order valence-electron chi connectivity index (χ1n) is 15.4. The molecule has 2 saturated heterocycles. The van der Waals surface area contributed by atoms with E-state index >= 15 is 0 Å². The zero-order valence-corrected chi connectivity index (χ0v) is 25.5. The number of rotatable bonds is 8. The maximum absolute atomic E-state index is 13.1. The quantitative estimate of drug-likeness (QED) is 0.372. The highest BCUT2D eigenvalue weighted by Crippen LogP contribution is 2.33. The van der Waals surface area contributed by atoms with Gasteiger partial charge in [0, 0.05) is 44.0 Å². The molecule has 1 unspecified atom stereocenters. The number of hydrogen-bond acceptors (Lipinski definition) is 11. The number of nitriles is 2. The minimum absolute atomic E-state index is 0.174. The van der Waals surface area contributed by atoms with Crippen LogP contribution in [0, 0.1) is 22.7 Å². The first kappa shape index (κ1) is 30.1. The van der Waals surface area contributed by atoms with Gasteiger partial charge in [0.15, 0.2) is 0 Å². The summed E-state index contributed by atoms with van der Waals surface area (Å²) in [6.45, 7) is 4.24. The average molecular weight is 608 g/mol. The number of fused-ring (bicyclic) bond motifs is 1. The van der Waals surface area contributed by atoms with Gasteiger partial charge in [0.2, 0.25) is 0 Å². The van der Waals surface area contributed by atoms with E-state index in [1.807, 2.05) is 30.3 Å². The highest BCUT2D eigenvalue weighted by molar-refractivity contribution is 5.69. The molecule has 0 N–H and O–H groups in total. The van der Waals surface area contributed by atoms with Gasteiger partial charge in [0.05, 0.1) is 48.2 Å². The molecule has 45 heavy (non-hydrogen) atoms. The third-order valence-corrected chi connectivity index (χ3v) is 8.91. The van der Waals surface area contributed by atoms with E-state index in [0.29, 0.717) is 63.4 Å². The van der Waals surface area contributed by atoms with Gasteiger partial charge in [-0.1, -0.05) is 30.3 Å². The number of pyridine rings is 1. The second-order valence-corrected chi connectivity index (χ2v) is 11.7. The van der Waals surface area contributed by atoms with Crippen molar-refractivity contribution in [2.45, 2.75) is 50.9 Å². The number of aromatic nitrogens is 3. The lowest BCUT2D eigenvalue weighted by atomic mass is 10.0. The molecule has 5 heterocycles. The van der Waals surface area contributed by atoms with E-state index in [-0.39, 0.29) is 19.1 Å². The molecule has 232 valence electrons. The third-order valence-electron chi connectivity index (χ3n) is 8.91. The molecule has 12 heteroatoms. The highest BCUT2D eigenvalue weighted by atomic mass is 16.6. The number of ether oxygens (including phenoxy) is 2. The minimum atomic E-state index is -0.423. The number of piperazine rings is 1. The Morgan fingerprint density at radius 3 is 2.69 bits per heavy atom. The molecule has 3 aromatic rings. The molecule has 0 bridgehead atoms. The van der Waals surface area contributed by atoms with Crippen LogP contribution in [-0.4, -0.2) is 89.3 Å². The van der Waals surface area contributed by atoms with E-state index in [1.54, 1.807) is 23.4 Å². The standard InChI is InChI=1S/C33H37N9O3/c1-39-14-5-8-27(39)23-44-32-37-29-21-40(30-19-36-13-10-25(30)18-35)15-11-28(29)31(38-32)41-16-17-42(26(20-41)9-12-34)33(43)45-22-24-6-3-2-4-7-24/h2-4,6-7,10,13,19,26-27H,5,8-9,11,14-17,20-23H2,1H3/t26?,27-/m0/s1. The van der Waals surface area contributed by atoms with Crippen LogP contribution in [0.1, 0.15) is 41.6 Å². The number of carbonyl (C=O) groups is 1. The number of anilines is 2. The number of likely N-dealkylation sites (tertiary alicyclic amines) is 1. The first-order valence-corrected chi connectivity index (χ1v) is 15.4. The smallest absolute Gasteiger partial charge is 0.410 e. The molecule has 12 nitrogen and oxygen atoms in total. The number of nitrogens with zero attached hydrogens (tertiary/aromatic N) is 9. The lowest BCUT2D eigenvalue weighted by Gasteiger charge is -2.41. The van der Waals surface area contributed by atoms with Gasteiger partial charge in [-0.25, -0.2) is 4.79 Å². The minimum Gasteiger partial charge on any atom is -0.462 e. The predicted octanol–water partition coefficient (Wildman–Crippen LogP) is 3.52. The highest BCUT2D eigenvalue weighted by Gasteiger charge is 2.35. The van der Waals surface area contributed by atoms with E-state index in [0.717, 1.165) is 47.7 Å². The summed E-state index contributed by atoms with van der Waals surface area (Å²) >= 11 is 0. The maximum atomic E-state index is 13.1. The first-order chi connectivity index (χ1) is 22.0. The summed E-state index contributed by atoms with van der Waals surface area (Å²) in [5, 5.41) is 19.4. The Bertz CT molecular complexity index is 1590. The Morgan fingerprint density at radius 2 is 1.91 bits per heavy atom. The summed E-state index contributed by atoms with van der Waals surface area (Å²) in [6, 6.07) is 16.1. The van der Waals surface area contributed by atoms with Gasteiger partial charge in [-0.2, -0.15) is 20.5 Å². The summed E-state index contributed by atoms with van der Waals surface area (Å²) in [6.07, 6.45) is 5.97. The predicted molar refractivity (Wildman–Crippen MR) is 166 cm³/mol. The van der Waals surface area contributed by atoms with Gasteiger partial charge < -0.3 is 29.1 Å². The van der Waals surface area contributed by atoms with Crippen LogP contribution in [0.5, 0.6) is 6.01 Å². The average Bonchev–Trinajstić information content (AvgIpc) is 3.50. The zero-order chi connectivity index (χ0) is 31.2. The topological polar surface area (TPSA) is 135 Å². The molecule has 2 atom stereocenters. The number of hydrogen-bond donors (Lipinski definition) is 0. The van der Waals surface area contributed by atoms with Crippen LogP contribution >= 0.6 is 0 Å². The summed E-state index contributed by atoms with van der Waals surface area (Å²) in [7, 11) is 2.11. The second-order valence-electron chi connectivity index (χ2n) is 11.7. The Labute approximate surface area is 263 Å². The van der Waals surface area contributed by atoms with Crippen LogP contribution in [0.25, 0.3) is 0 Å². The van der Waals surface area contributed by atoms with Gasteiger partial charge in [-0.15, -0.1) is 0 Å². The Hall–Kier alpha value is -4.94. The normalized spacial score (nSPS) is 19.8. The van der Waals surface area contributed by atoms with E-state index in [9.17, 15) is 15.3 Å². The summed E-state index contributed by atoms with van der Waals surface area (Å²) in [5.41, 5.74) is 4.12. The van der Waals surface area contributed by atoms with E-state index < -0.39 is 6.09 Å². The molecule has 0 saturated carbocycles. The molecule has 0 aliphatic carbocycles. The van der Waals surface area contributed by atoms with E-state index in [4.69, 9.17) is 19.4 Å². The van der Waals surface area contributed by atoms with Crippen LogP contribution in [-0.2, 0) is 24.3 Å². The van der Waals surface area contributed by atoms with Crippen molar-refractivity contribution in [1.29, 1.82) is 10.5 Å². The molecule has 3 aliphatic rings. The molecule has 0 spiro atoms. The van der Waals surface area contributed by atoms with Crippen molar-refractivity contribution in [1.82, 2.24) is 24.8 Å². The molecule has 1 aromatic carbocycles. The fraction of sp³-hybridized carbons (Fsp3) is 0.455. The monoisotopic (exact) mass is 607 g/mol. The van der Waals surface area contributed by atoms with Crippen molar-refractivity contribution in [3.8, 4) is 18.1 Å². The number of likely N-dealkylation sites (N-methyl/N-ethyl adjacent to an activating group) is 1. The zero-order valence-electron chi connectivity index (χ0n) is 25.5. The largest absolute Gasteiger partial charge is 0.462 e. The van der Waals surface area contributed by atoms with Crippen molar-refractivity contribution in [2.24, 2.45) is 0 Å². The molecule has 3 aliphatic heterocycles. The molecule has 1 amide bonds. The maximum Gasteiger partial charge on any atom is 0.410 e. The van der Waals surface area contributed by atoms with Crippen molar-refractivity contribution in [3.05, 3.63) is 71.2 Å². The lowest BCUT2D eigenvalue weighted by molar-refractivity contribution is 0.0767. The van der Waals surface area contributed by atoms with Gasteiger partial charge in [0.1, 0.15) is 25.1 Å². The van der Waals surface area contributed by atoms with Crippen molar-refractivity contribution in [2.75, 3.05) is 56.2 Å². The van der Waals surface area contributed by atoms with Crippen LogP contribution in [0.2, 0.25) is 0 Å². The van der Waals surface area contributed by atoms with Gasteiger partial charge in [-0.05, 0) is 44.5 Å². The number of amides is 1. The van der Waals surface area contributed by atoms with Crippen molar-refractivity contribution in [3.63, 3.8) is 0 Å². The third kappa shape index (κ3) is 6.76. The Balaban J connectivity index is 1.24. The molecular formula is C33H37N9O3. The molecule has 2 fully saturated rings. The van der Waals surface area contributed by atoms with Crippen LogP contribution < -0.4 is 14.5 Å². The SMILES string of the molecule is CN1CCC[C@H]1COc1nc2c(c(N3CCN(C(=O)OCc4ccccc4)C(CC#N)C3)n1)CCN(c1cnccc1C#N)C2. The lowest BCUT2D eigenvalue weighted by Crippen LogP contribution is -2.55. The fourth-order valence-electron chi connectivity index (χ4n) is 6.38. The Morgan fingerprint density at radius 1 is 1.04 bits per heavy atom. The second kappa shape index (κ2) is 13.8. The van der Waals surface area contributed by atoms with Crippen LogP contribution in [0.3, 0.4) is 0 Å². The fourth-order valence-corrected chi connectivity index (χ4v) is 6.38.